The molecule has 4 amide bonds. The van der Waals surface area contributed by atoms with Gasteiger partial charge in [-0.2, -0.15) is 5.10 Å². The van der Waals surface area contributed by atoms with E-state index >= 15 is 0 Å². The molecule has 2 aliphatic heterocycles. The van der Waals surface area contributed by atoms with E-state index in [4.69, 9.17) is 0 Å². The van der Waals surface area contributed by atoms with E-state index in [-0.39, 0.29) is 30.2 Å². The molecule has 2 saturated heterocycles. The quantitative estimate of drug-likeness (QED) is 0.769. The van der Waals surface area contributed by atoms with E-state index in [9.17, 15) is 14.4 Å². The van der Waals surface area contributed by atoms with Gasteiger partial charge in [0.25, 0.3) is 0 Å². The first-order valence-corrected chi connectivity index (χ1v) is 11.4. The molecule has 1 aromatic carbocycles. The number of fused-ring (bicyclic) bond motifs is 1. The molecule has 1 aromatic heterocycles. The minimum absolute atomic E-state index is 0.0251. The number of nitrogens with one attached hydrogen (secondary N) is 1. The third kappa shape index (κ3) is 4.21. The van der Waals surface area contributed by atoms with Gasteiger partial charge >= 0.3 is 6.03 Å². The SMILES string of the molecule is CC[C@H]1CN(Cc2ccc3c(N4CCC(=O)NC4=O)nn(C)c3c2)CCN1C(=O)C(C)C. The molecule has 4 rings (SSSR count). The Hall–Kier alpha value is -2.94. The van der Waals surface area contributed by atoms with Crippen LogP contribution in [0.15, 0.2) is 18.2 Å². The van der Waals surface area contributed by atoms with Gasteiger partial charge in [-0.3, -0.25) is 29.4 Å². The van der Waals surface area contributed by atoms with Crippen LogP contribution in [0.2, 0.25) is 0 Å². The van der Waals surface area contributed by atoms with Crippen molar-refractivity contribution >= 4 is 34.6 Å². The fourth-order valence-electron chi connectivity index (χ4n) is 4.64. The summed E-state index contributed by atoms with van der Waals surface area (Å²) in [5, 5.41) is 7.81. The Kier molecular flexibility index (Phi) is 6.19. The van der Waals surface area contributed by atoms with Crippen LogP contribution >= 0.6 is 0 Å². The van der Waals surface area contributed by atoms with Gasteiger partial charge in [-0.25, -0.2) is 4.79 Å². The standard InChI is InChI=1S/C23H32N6O3/c1-5-17-14-27(10-11-28(17)22(31)15(2)3)13-16-6-7-18-19(12-16)26(4)25-21(18)29-9-8-20(30)24-23(29)32/h6-7,12,15,17H,5,8-11,13-14H2,1-4H3,(H,24,30,32)/t17-/m0/s1. The molecule has 0 spiro atoms. The lowest BCUT2D eigenvalue weighted by Crippen LogP contribution is -2.55. The van der Waals surface area contributed by atoms with E-state index in [2.05, 4.69) is 34.4 Å². The lowest BCUT2D eigenvalue weighted by molar-refractivity contribution is -0.139. The van der Waals surface area contributed by atoms with Crippen molar-refractivity contribution in [3.05, 3.63) is 23.8 Å². The van der Waals surface area contributed by atoms with Gasteiger partial charge in [0.05, 0.1) is 5.52 Å². The fraction of sp³-hybridized carbons (Fsp3) is 0.565. The highest BCUT2D eigenvalue weighted by molar-refractivity contribution is 6.08. The van der Waals surface area contributed by atoms with Gasteiger partial charge in [-0.1, -0.05) is 26.8 Å². The third-order valence-electron chi connectivity index (χ3n) is 6.43. The predicted molar refractivity (Wildman–Crippen MR) is 122 cm³/mol. The summed E-state index contributed by atoms with van der Waals surface area (Å²) >= 11 is 0. The first-order chi connectivity index (χ1) is 15.3. The third-order valence-corrected chi connectivity index (χ3v) is 6.43. The minimum atomic E-state index is -0.426. The molecule has 32 heavy (non-hydrogen) atoms. The molecule has 2 aromatic rings. The van der Waals surface area contributed by atoms with Gasteiger partial charge in [0.15, 0.2) is 5.82 Å². The van der Waals surface area contributed by atoms with Gasteiger partial charge in [-0.05, 0) is 24.1 Å². The Morgan fingerprint density at radius 2 is 2.00 bits per heavy atom. The Labute approximate surface area is 188 Å². The summed E-state index contributed by atoms with van der Waals surface area (Å²) in [5.41, 5.74) is 2.12. The van der Waals surface area contributed by atoms with Crippen molar-refractivity contribution in [2.24, 2.45) is 13.0 Å². The van der Waals surface area contributed by atoms with Gasteiger partial charge in [-0.15, -0.1) is 0 Å². The van der Waals surface area contributed by atoms with Gasteiger partial charge in [0.1, 0.15) is 0 Å². The van der Waals surface area contributed by atoms with Gasteiger partial charge in [0.2, 0.25) is 11.8 Å². The van der Waals surface area contributed by atoms with Gasteiger partial charge in [0, 0.05) is 63.5 Å². The molecule has 0 unspecified atom stereocenters. The number of anilines is 1. The van der Waals surface area contributed by atoms with Crippen LogP contribution in [0, 0.1) is 5.92 Å². The highest BCUT2D eigenvalue weighted by Gasteiger charge is 2.31. The molecule has 0 bridgehead atoms. The Balaban J connectivity index is 1.50. The summed E-state index contributed by atoms with van der Waals surface area (Å²) in [6, 6.07) is 6.02. The van der Waals surface area contributed by atoms with Crippen molar-refractivity contribution in [2.45, 2.75) is 46.2 Å². The number of piperazine rings is 1. The van der Waals surface area contributed by atoms with Crippen LogP contribution in [-0.4, -0.2) is 69.6 Å². The number of carbonyl (C=O) groups is 3. The van der Waals surface area contributed by atoms with E-state index in [1.54, 1.807) is 4.68 Å². The number of carbonyl (C=O) groups excluding carboxylic acids is 3. The molecule has 0 saturated carbocycles. The number of hydrogen-bond acceptors (Lipinski definition) is 5. The number of aryl methyl sites for hydroxylation is 1. The number of nitrogens with zero attached hydrogens (tertiary/aromatic N) is 5. The van der Waals surface area contributed by atoms with E-state index < -0.39 is 6.03 Å². The molecule has 2 fully saturated rings. The first-order valence-electron chi connectivity index (χ1n) is 11.4. The normalized spacial score (nSPS) is 20.3. The van der Waals surface area contributed by atoms with E-state index in [0.29, 0.717) is 12.4 Å². The number of aromatic nitrogens is 2. The average Bonchev–Trinajstić information content (AvgIpc) is 3.08. The highest BCUT2D eigenvalue weighted by atomic mass is 16.2. The second kappa shape index (κ2) is 8.90. The zero-order valence-corrected chi connectivity index (χ0v) is 19.3. The predicted octanol–water partition coefficient (Wildman–Crippen LogP) is 2.10. The number of imide groups is 1. The number of hydrogen-bond donors (Lipinski definition) is 1. The maximum Gasteiger partial charge on any atom is 0.329 e. The molecule has 0 aliphatic carbocycles. The zero-order chi connectivity index (χ0) is 23.0. The molecule has 9 nitrogen and oxygen atoms in total. The maximum atomic E-state index is 12.5. The second-order valence-corrected chi connectivity index (χ2v) is 9.04. The molecule has 9 heteroatoms. The van der Waals surface area contributed by atoms with Crippen molar-refractivity contribution in [3.8, 4) is 0 Å². The van der Waals surface area contributed by atoms with Crippen LogP contribution in [-0.2, 0) is 23.2 Å². The summed E-state index contributed by atoms with van der Waals surface area (Å²) in [5.74, 6) is 0.584. The zero-order valence-electron chi connectivity index (χ0n) is 19.3. The fourth-order valence-corrected chi connectivity index (χ4v) is 4.64. The average molecular weight is 441 g/mol. The summed E-state index contributed by atoms with van der Waals surface area (Å²) < 4.78 is 1.78. The topological polar surface area (TPSA) is 90.8 Å². The smallest absolute Gasteiger partial charge is 0.329 e. The lowest BCUT2D eigenvalue weighted by atomic mass is 10.0. The largest absolute Gasteiger partial charge is 0.337 e. The molecule has 172 valence electrons. The molecular weight excluding hydrogens is 408 g/mol. The van der Waals surface area contributed by atoms with Crippen molar-refractivity contribution in [1.29, 1.82) is 0 Å². The van der Waals surface area contributed by atoms with Gasteiger partial charge < -0.3 is 4.90 Å². The molecule has 1 N–H and O–H groups in total. The number of amides is 4. The minimum Gasteiger partial charge on any atom is -0.337 e. The van der Waals surface area contributed by atoms with Crippen LogP contribution in [0.4, 0.5) is 10.6 Å². The van der Waals surface area contributed by atoms with Crippen LogP contribution < -0.4 is 10.2 Å². The van der Waals surface area contributed by atoms with Crippen molar-refractivity contribution in [1.82, 2.24) is 24.9 Å². The summed E-state index contributed by atoms with van der Waals surface area (Å²) in [4.78, 5) is 42.3. The number of rotatable bonds is 5. The monoisotopic (exact) mass is 440 g/mol. The molecular formula is C23H32N6O3. The maximum absolute atomic E-state index is 12.5. The summed E-state index contributed by atoms with van der Waals surface area (Å²) in [7, 11) is 1.87. The Bertz CT molecular complexity index is 1050. The highest BCUT2D eigenvalue weighted by Crippen LogP contribution is 2.28. The molecule has 0 radical (unpaired) electrons. The number of urea groups is 1. The van der Waals surface area contributed by atoms with Crippen LogP contribution in [0.1, 0.15) is 39.2 Å². The van der Waals surface area contributed by atoms with E-state index in [0.717, 1.165) is 43.5 Å². The lowest BCUT2D eigenvalue weighted by Gasteiger charge is -2.42. The Morgan fingerprint density at radius 3 is 2.69 bits per heavy atom. The second-order valence-electron chi connectivity index (χ2n) is 9.04. The van der Waals surface area contributed by atoms with Crippen LogP contribution in [0.25, 0.3) is 10.9 Å². The molecule has 2 aliphatic rings. The van der Waals surface area contributed by atoms with Crippen molar-refractivity contribution < 1.29 is 14.4 Å². The van der Waals surface area contributed by atoms with Crippen LogP contribution in [0.3, 0.4) is 0 Å². The summed E-state index contributed by atoms with van der Waals surface area (Å²) in [6.45, 7) is 9.68. The van der Waals surface area contributed by atoms with E-state index in [1.807, 2.05) is 31.9 Å². The van der Waals surface area contributed by atoms with Crippen LogP contribution in [0.5, 0.6) is 0 Å². The summed E-state index contributed by atoms with van der Waals surface area (Å²) in [6.07, 6.45) is 1.21. The van der Waals surface area contributed by atoms with Crippen molar-refractivity contribution in [2.75, 3.05) is 31.1 Å². The molecule has 1 atom stereocenters. The molecule has 3 heterocycles. The van der Waals surface area contributed by atoms with Crippen molar-refractivity contribution in [3.63, 3.8) is 0 Å². The number of benzene rings is 1. The van der Waals surface area contributed by atoms with E-state index in [1.165, 1.54) is 10.5 Å². The first kappa shape index (κ1) is 22.3. The Morgan fingerprint density at radius 1 is 1.22 bits per heavy atom.